The van der Waals surface area contributed by atoms with Gasteiger partial charge in [-0.3, -0.25) is 0 Å². The molecule has 0 bridgehead atoms. The van der Waals surface area contributed by atoms with Crippen LogP contribution in [0.25, 0.3) is 0 Å². The van der Waals surface area contributed by atoms with Gasteiger partial charge in [-0.15, -0.1) is 0 Å². The molecule has 0 aliphatic rings. The highest BCUT2D eigenvalue weighted by Crippen LogP contribution is 2.14. The Morgan fingerprint density at radius 1 is 1.40 bits per heavy atom. The predicted octanol–water partition coefficient (Wildman–Crippen LogP) is 1.95. The summed E-state index contributed by atoms with van der Waals surface area (Å²) in [5.74, 6) is 1.05. The fourth-order valence-corrected chi connectivity index (χ4v) is 1.53. The zero-order valence-electron chi connectivity index (χ0n) is 9.90. The molecule has 15 heavy (non-hydrogen) atoms. The predicted molar refractivity (Wildman–Crippen MR) is 65.1 cm³/mol. The van der Waals surface area contributed by atoms with Crippen LogP contribution in [0.2, 0.25) is 0 Å². The summed E-state index contributed by atoms with van der Waals surface area (Å²) in [6.45, 7) is 8.12. The van der Waals surface area contributed by atoms with E-state index in [0.717, 1.165) is 25.3 Å². The summed E-state index contributed by atoms with van der Waals surface area (Å²) in [7, 11) is 0. The summed E-state index contributed by atoms with van der Waals surface area (Å²) in [6, 6.07) is 4.64. The van der Waals surface area contributed by atoms with Crippen molar-refractivity contribution in [3.05, 3.63) is 23.9 Å². The monoisotopic (exact) mass is 207 g/mol. The lowest BCUT2D eigenvalue weighted by atomic mass is 10.2. The van der Waals surface area contributed by atoms with E-state index >= 15 is 0 Å². The van der Waals surface area contributed by atoms with Gasteiger partial charge < -0.3 is 10.6 Å². The van der Waals surface area contributed by atoms with Crippen molar-refractivity contribution in [2.75, 3.05) is 18.0 Å². The van der Waals surface area contributed by atoms with E-state index in [-0.39, 0.29) is 0 Å². The highest BCUT2D eigenvalue weighted by atomic mass is 15.2. The van der Waals surface area contributed by atoms with E-state index in [2.05, 4.69) is 42.8 Å². The smallest absolute Gasteiger partial charge is 0.128 e. The molecule has 0 saturated carbocycles. The lowest BCUT2D eigenvalue weighted by Gasteiger charge is -2.27. The second-order valence-electron chi connectivity index (χ2n) is 4.12. The third-order valence-electron chi connectivity index (χ3n) is 2.42. The first kappa shape index (κ1) is 12.0. The lowest BCUT2D eigenvalue weighted by molar-refractivity contribution is 0.649. The van der Waals surface area contributed by atoms with Crippen LogP contribution in [-0.2, 0) is 0 Å². The topological polar surface area (TPSA) is 42.1 Å². The molecule has 0 fully saturated rings. The minimum absolute atomic E-state index is 0.465. The van der Waals surface area contributed by atoms with Crippen molar-refractivity contribution < 1.29 is 0 Å². The normalized spacial score (nSPS) is 10.7. The highest BCUT2D eigenvalue weighted by Gasteiger charge is 2.10. The number of aromatic nitrogens is 1. The van der Waals surface area contributed by atoms with Crippen molar-refractivity contribution in [3.8, 4) is 0 Å². The first-order valence-electron chi connectivity index (χ1n) is 5.54. The molecule has 0 amide bonds. The number of rotatable bonds is 5. The van der Waals surface area contributed by atoms with Crippen molar-refractivity contribution in [2.24, 2.45) is 5.73 Å². The molecule has 0 unspecified atom stereocenters. The molecular weight excluding hydrogens is 186 g/mol. The third kappa shape index (κ3) is 3.51. The van der Waals surface area contributed by atoms with Gasteiger partial charge in [-0.2, -0.15) is 0 Å². The van der Waals surface area contributed by atoms with Crippen LogP contribution < -0.4 is 10.6 Å². The van der Waals surface area contributed by atoms with Gasteiger partial charge >= 0.3 is 0 Å². The van der Waals surface area contributed by atoms with Crippen LogP contribution >= 0.6 is 0 Å². The van der Waals surface area contributed by atoms with E-state index in [0.29, 0.717) is 6.04 Å². The number of aryl methyl sites for hydroxylation is 1. The molecule has 0 aromatic carbocycles. The molecule has 0 aliphatic carbocycles. The van der Waals surface area contributed by atoms with Gasteiger partial charge in [-0.05, 0) is 45.4 Å². The summed E-state index contributed by atoms with van der Waals surface area (Å²) in [5.41, 5.74) is 6.73. The largest absolute Gasteiger partial charge is 0.354 e. The maximum Gasteiger partial charge on any atom is 0.128 e. The Hall–Kier alpha value is -1.09. The van der Waals surface area contributed by atoms with E-state index < -0.39 is 0 Å². The van der Waals surface area contributed by atoms with E-state index in [1.54, 1.807) is 0 Å². The molecule has 1 heterocycles. The van der Waals surface area contributed by atoms with Crippen molar-refractivity contribution in [1.82, 2.24) is 4.98 Å². The minimum Gasteiger partial charge on any atom is -0.354 e. The van der Waals surface area contributed by atoms with Gasteiger partial charge in [0.1, 0.15) is 5.82 Å². The van der Waals surface area contributed by atoms with Crippen LogP contribution in [0.5, 0.6) is 0 Å². The fraction of sp³-hybridized carbons (Fsp3) is 0.583. The van der Waals surface area contributed by atoms with Gasteiger partial charge in [-0.25, -0.2) is 4.98 Å². The molecule has 0 saturated heterocycles. The zero-order valence-corrected chi connectivity index (χ0v) is 9.90. The van der Waals surface area contributed by atoms with Gasteiger partial charge in [0.15, 0.2) is 0 Å². The Kier molecular flexibility index (Phi) is 4.56. The van der Waals surface area contributed by atoms with Gasteiger partial charge in [0.05, 0.1) is 0 Å². The van der Waals surface area contributed by atoms with Crippen LogP contribution in [0.4, 0.5) is 5.82 Å². The van der Waals surface area contributed by atoms with Crippen molar-refractivity contribution in [2.45, 2.75) is 33.2 Å². The molecule has 0 spiro atoms. The SMILES string of the molecule is Cc1ccc(N(CCCN)C(C)C)nc1. The average Bonchev–Trinajstić information content (AvgIpc) is 2.21. The van der Waals surface area contributed by atoms with E-state index in [1.807, 2.05) is 6.20 Å². The minimum atomic E-state index is 0.465. The van der Waals surface area contributed by atoms with Crippen LogP contribution in [0.3, 0.4) is 0 Å². The number of nitrogens with zero attached hydrogens (tertiary/aromatic N) is 2. The number of anilines is 1. The summed E-state index contributed by atoms with van der Waals surface area (Å²) in [4.78, 5) is 6.72. The summed E-state index contributed by atoms with van der Waals surface area (Å²) >= 11 is 0. The number of pyridine rings is 1. The molecule has 1 rings (SSSR count). The van der Waals surface area contributed by atoms with Crippen molar-refractivity contribution >= 4 is 5.82 Å². The van der Waals surface area contributed by atoms with Gasteiger partial charge in [0.25, 0.3) is 0 Å². The Bertz CT molecular complexity index is 279. The molecular formula is C12H21N3. The molecule has 3 nitrogen and oxygen atoms in total. The molecule has 1 aromatic heterocycles. The molecule has 2 N–H and O–H groups in total. The number of hydrogen-bond acceptors (Lipinski definition) is 3. The van der Waals surface area contributed by atoms with E-state index in [1.165, 1.54) is 5.56 Å². The zero-order chi connectivity index (χ0) is 11.3. The quantitative estimate of drug-likeness (QED) is 0.802. The molecule has 1 aromatic rings. The molecule has 0 radical (unpaired) electrons. The first-order valence-corrected chi connectivity index (χ1v) is 5.54. The summed E-state index contributed by atoms with van der Waals surface area (Å²) < 4.78 is 0. The van der Waals surface area contributed by atoms with Crippen molar-refractivity contribution in [1.29, 1.82) is 0 Å². The van der Waals surface area contributed by atoms with Gasteiger partial charge in [0.2, 0.25) is 0 Å². The van der Waals surface area contributed by atoms with E-state index in [9.17, 15) is 0 Å². The highest BCUT2D eigenvalue weighted by molar-refractivity contribution is 5.39. The Labute approximate surface area is 92.3 Å². The number of nitrogens with two attached hydrogens (primary N) is 1. The van der Waals surface area contributed by atoms with E-state index in [4.69, 9.17) is 5.73 Å². The van der Waals surface area contributed by atoms with Crippen LogP contribution in [0.15, 0.2) is 18.3 Å². The number of hydrogen-bond donors (Lipinski definition) is 1. The standard InChI is InChI=1S/C12H21N3/c1-10(2)15(8-4-7-13)12-6-5-11(3)9-14-12/h5-6,9-10H,4,7-8,13H2,1-3H3. The van der Waals surface area contributed by atoms with Gasteiger partial charge in [0, 0.05) is 18.8 Å². The Morgan fingerprint density at radius 2 is 2.13 bits per heavy atom. The van der Waals surface area contributed by atoms with Crippen molar-refractivity contribution in [3.63, 3.8) is 0 Å². The average molecular weight is 207 g/mol. The second-order valence-corrected chi connectivity index (χ2v) is 4.12. The lowest BCUT2D eigenvalue weighted by Crippen LogP contribution is -2.33. The third-order valence-corrected chi connectivity index (χ3v) is 2.42. The molecule has 3 heteroatoms. The summed E-state index contributed by atoms with van der Waals surface area (Å²) in [6.07, 6.45) is 2.92. The van der Waals surface area contributed by atoms with Crippen LogP contribution in [-0.4, -0.2) is 24.1 Å². The maximum absolute atomic E-state index is 5.53. The fourth-order valence-electron chi connectivity index (χ4n) is 1.53. The van der Waals surface area contributed by atoms with Crippen LogP contribution in [0, 0.1) is 6.92 Å². The first-order chi connectivity index (χ1) is 7.15. The van der Waals surface area contributed by atoms with Gasteiger partial charge in [-0.1, -0.05) is 6.07 Å². The summed E-state index contributed by atoms with van der Waals surface area (Å²) in [5, 5.41) is 0. The molecule has 0 atom stereocenters. The Morgan fingerprint density at radius 3 is 2.60 bits per heavy atom. The molecule has 84 valence electrons. The van der Waals surface area contributed by atoms with Crippen LogP contribution in [0.1, 0.15) is 25.8 Å². The Balaban J connectivity index is 2.74. The second kappa shape index (κ2) is 5.71. The molecule has 0 aliphatic heterocycles. The maximum atomic E-state index is 5.53.